The van der Waals surface area contributed by atoms with Crippen LogP contribution in [-0.4, -0.2) is 23.8 Å². The number of ether oxygens (including phenoxy) is 1. The number of benzene rings is 2. The van der Waals surface area contributed by atoms with Gasteiger partial charge in [0.25, 0.3) is 5.91 Å². The maximum atomic E-state index is 11.7. The van der Waals surface area contributed by atoms with Crippen molar-refractivity contribution < 1.29 is 14.6 Å². The number of nitrogens with zero attached hydrogens (tertiary/aromatic N) is 1. The fourth-order valence-corrected chi connectivity index (χ4v) is 3.31. The monoisotopic (exact) mass is 552 g/mol. The van der Waals surface area contributed by atoms with Gasteiger partial charge in [-0.15, -0.1) is 0 Å². The van der Waals surface area contributed by atoms with E-state index in [9.17, 15) is 9.90 Å². The molecule has 0 aliphatic heterocycles. The molecule has 1 amide bonds. The van der Waals surface area contributed by atoms with Crippen molar-refractivity contribution in [3.63, 3.8) is 0 Å². The topological polar surface area (TPSA) is 70.9 Å². The van der Waals surface area contributed by atoms with Crippen molar-refractivity contribution in [3.8, 4) is 11.5 Å². The highest BCUT2D eigenvalue weighted by Gasteiger charge is 2.05. The number of carbonyl (C=O) groups is 1. The quantitative estimate of drug-likeness (QED) is 0.333. The third kappa shape index (κ3) is 5.78. The first-order valence-corrected chi connectivity index (χ1v) is 9.00. The number of halogens is 3. The molecule has 0 fully saturated rings. The molecular weight excluding hydrogens is 543 g/mol. The van der Waals surface area contributed by atoms with Gasteiger partial charge in [0, 0.05) is 4.47 Å². The molecular formula is C15H11Br2IN2O3. The molecule has 0 unspecified atom stereocenters. The number of amides is 1. The van der Waals surface area contributed by atoms with Crippen molar-refractivity contribution in [1.29, 1.82) is 0 Å². The zero-order chi connectivity index (χ0) is 16.8. The van der Waals surface area contributed by atoms with Gasteiger partial charge in [-0.05, 0) is 80.5 Å². The van der Waals surface area contributed by atoms with Gasteiger partial charge in [0.1, 0.15) is 11.5 Å². The maximum absolute atomic E-state index is 11.7. The lowest BCUT2D eigenvalue weighted by molar-refractivity contribution is -0.123. The van der Waals surface area contributed by atoms with Gasteiger partial charge in [-0.1, -0.05) is 15.9 Å². The molecule has 2 N–H and O–H groups in total. The second-order valence-corrected chi connectivity index (χ2v) is 7.30. The molecule has 2 aromatic rings. The summed E-state index contributed by atoms with van der Waals surface area (Å²) in [5.41, 5.74) is 3.13. The molecule has 0 aliphatic rings. The predicted octanol–water partition coefficient (Wildman–Crippen LogP) is 4.05. The summed E-state index contributed by atoms with van der Waals surface area (Å²) in [7, 11) is 0. The molecule has 0 atom stereocenters. The Kier molecular flexibility index (Phi) is 6.85. The number of phenols is 1. The average molecular weight is 554 g/mol. The van der Waals surface area contributed by atoms with Crippen molar-refractivity contribution in [2.75, 3.05) is 6.61 Å². The number of aromatic hydroxyl groups is 1. The smallest absolute Gasteiger partial charge is 0.277 e. The highest BCUT2D eigenvalue weighted by molar-refractivity contribution is 14.1. The Hall–Kier alpha value is -1.13. The fourth-order valence-electron chi connectivity index (χ4n) is 1.55. The van der Waals surface area contributed by atoms with Crippen LogP contribution in [0.4, 0.5) is 0 Å². The molecule has 0 saturated carbocycles. The molecule has 120 valence electrons. The van der Waals surface area contributed by atoms with Crippen molar-refractivity contribution in [3.05, 3.63) is 54.5 Å². The second-order valence-electron chi connectivity index (χ2n) is 4.37. The van der Waals surface area contributed by atoms with Crippen LogP contribution in [0.5, 0.6) is 11.5 Å². The Bertz CT molecular complexity index is 713. The largest absolute Gasteiger partial charge is 0.506 e. The number of hydrazone groups is 1. The Morgan fingerprint density at radius 3 is 2.65 bits per heavy atom. The maximum Gasteiger partial charge on any atom is 0.277 e. The average Bonchev–Trinajstić information content (AvgIpc) is 2.52. The van der Waals surface area contributed by atoms with Crippen molar-refractivity contribution in [1.82, 2.24) is 5.43 Å². The van der Waals surface area contributed by atoms with Crippen LogP contribution in [0, 0.1) is 3.57 Å². The van der Waals surface area contributed by atoms with Crippen LogP contribution in [0.25, 0.3) is 0 Å². The minimum atomic E-state index is -0.364. The van der Waals surface area contributed by atoms with Crippen LogP contribution in [0.2, 0.25) is 0 Å². The second kappa shape index (κ2) is 8.65. The number of hydrogen-bond donors (Lipinski definition) is 2. The fraction of sp³-hybridized carbons (Fsp3) is 0.0667. The van der Waals surface area contributed by atoms with Crippen LogP contribution in [-0.2, 0) is 4.79 Å². The third-order valence-electron chi connectivity index (χ3n) is 2.63. The van der Waals surface area contributed by atoms with Crippen LogP contribution >= 0.6 is 54.5 Å². The molecule has 0 aliphatic carbocycles. The van der Waals surface area contributed by atoms with Gasteiger partial charge in [0.05, 0.1) is 14.3 Å². The zero-order valence-corrected chi connectivity index (χ0v) is 16.9. The Labute approximate surface area is 163 Å². The lowest BCUT2D eigenvalue weighted by atomic mass is 10.2. The first-order valence-electron chi connectivity index (χ1n) is 6.34. The van der Waals surface area contributed by atoms with Gasteiger partial charge < -0.3 is 9.84 Å². The summed E-state index contributed by atoms with van der Waals surface area (Å²) in [5, 5.41) is 13.5. The summed E-state index contributed by atoms with van der Waals surface area (Å²) in [6, 6.07) is 10.6. The Morgan fingerprint density at radius 1 is 1.30 bits per heavy atom. The molecule has 2 rings (SSSR count). The summed E-state index contributed by atoms with van der Waals surface area (Å²) in [5.74, 6) is 0.413. The van der Waals surface area contributed by atoms with E-state index in [2.05, 4.69) is 42.4 Å². The first kappa shape index (κ1) is 18.2. The lowest BCUT2D eigenvalue weighted by Gasteiger charge is -2.05. The number of nitrogens with one attached hydrogen (secondary N) is 1. The number of carbonyl (C=O) groups excluding carboxylic acids is 1. The van der Waals surface area contributed by atoms with Crippen LogP contribution in [0.1, 0.15) is 5.56 Å². The first-order chi connectivity index (χ1) is 11.0. The summed E-state index contributed by atoms with van der Waals surface area (Å²) < 4.78 is 7.52. The van der Waals surface area contributed by atoms with E-state index in [1.54, 1.807) is 24.3 Å². The molecule has 0 spiro atoms. The molecule has 0 radical (unpaired) electrons. The Morgan fingerprint density at radius 2 is 2.00 bits per heavy atom. The van der Waals surface area contributed by atoms with Crippen molar-refractivity contribution in [2.45, 2.75) is 0 Å². The van der Waals surface area contributed by atoms with Crippen LogP contribution < -0.4 is 10.2 Å². The lowest BCUT2D eigenvalue weighted by Crippen LogP contribution is -2.24. The summed E-state index contributed by atoms with van der Waals surface area (Å²) in [6.07, 6.45) is 1.49. The van der Waals surface area contributed by atoms with Gasteiger partial charge >= 0.3 is 0 Å². The van der Waals surface area contributed by atoms with Gasteiger partial charge in [0.15, 0.2) is 6.61 Å². The van der Waals surface area contributed by atoms with E-state index in [1.165, 1.54) is 6.21 Å². The van der Waals surface area contributed by atoms with Crippen LogP contribution in [0.3, 0.4) is 0 Å². The zero-order valence-electron chi connectivity index (χ0n) is 11.6. The summed E-state index contributed by atoms with van der Waals surface area (Å²) >= 11 is 8.58. The van der Waals surface area contributed by atoms with E-state index >= 15 is 0 Å². The number of phenolic OH excluding ortho intramolecular Hbond substituents is 1. The molecule has 2 aromatic carbocycles. The molecule has 23 heavy (non-hydrogen) atoms. The predicted molar refractivity (Wildman–Crippen MR) is 104 cm³/mol. The van der Waals surface area contributed by atoms with Gasteiger partial charge in [-0.3, -0.25) is 4.79 Å². The SMILES string of the molecule is O=C(COc1ccc(Br)cc1)N/N=C\c1cc(Br)c(O)c(I)c1. The minimum Gasteiger partial charge on any atom is -0.506 e. The molecule has 5 nitrogen and oxygen atoms in total. The standard InChI is InChI=1S/C15H11Br2IN2O3/c16-10-1-3-11(4-2-10)23-8-14(21)20-19-7-9-5-12(17)15(22)13(18)6-9/h1-7,22H,8H2,(H,20,21)/b19-7-. The molecule has 0 bridgehead atoms. The molecule has 0 aromatic heterocycles. The third-order valence-corrected chi connectivity index (χ3v) is 4.58. The van der Waals surface area contributed by atoms with Crippen LogP contribution in [0.15, 0.2) is 50.4 Å². The van der Waals surface area contributed by atoms with E-state index in [0.29, 0.717) is 13.8 Å². The number of rotatable bonds is 5. The molecule has 0 heterocycles. The van der Waals surface area contributed by atoms with Crippen molar-refractivity contribution in [2.24, 2.45) is 5.10 Å². The minimum absolute atomic E-state index is 0.129. The summed E-state index contributed by atoms with van der Waals surface area (Å²) in [6.45, 7) is -0.129. The van der Waals surface area contributed by atoms with E-state index < -0.39 is 0 Å². The number of hydrogen-bond acceptors (Lipinski definition) is 4. The van der Waals surface area contributed by atoms with E-state index in [0.717, 1.165) is 10.0 Å². The van der Waals surface area contributed by atoms with Gasteiger partial charge in [-0.2, -0.15) is 5.10 Å². The normalized spacial score (nSPS) is 10.7. The highest BCUT2D eigenvalue weighted by Crippen LogP contribution is 2.29. The van der Waals surface area contributed by atoms with Gasteiger partial charge in [-0.25, -0.2) is 5.43 Å². The Balaban J connectivity index is 1.85. The highest BCUT2D eigenvalue weighted by atomic mass is 127. The van der Waals surface area contributed by atoms with E-state index in [-0.39, 0.29) is 18.3 Å². The molecule has 0 saturated heterocycles. The van der Waals surface area contributed by atoms with Crippen molar-refractivity contribution >= 4 is 66.6 Å². The summed E-state index contributed by atoms with van der Waals surface area (Å²) in [4.78, 5) is 11.7. The van der Waals surface area contributed by atoms with E-state index in [1.807, 2.05) is 34.7 Å². The molecule has 8 heteroatoms. The van der Waals surface area contributed by atoms with Gasteiger partial charge in [0.2, 0.25) is 0 Å². The van der Waals surface area contributed by atoms with E-state index in [4.69, 9.17) is 4.74 Å².